The van der Waals surface area contributed by atoms with Crippen molar-refractivity contribution >= 4 is 23.8 Å². The number of esters is 1. The Bertz CT molecular complexity index is 799. The molecular formula is C22H29N3O5. The minimum Gasteiger partial charge on any atom is -0.464 e. The molecule has 0 unspecified atom stereocenters. The average molecular weight is 415 g/mol. The Morgan fingerprint density at radius 2 is 1.83 bits per heavy atom. The van der Waals surface area contributed by atoms with Gasteiger partial charge in [0.25, 0.3) is 5.91 Å². The van der Waals surface area contributed by atoms with Crippen molar-refractivity contribution in [3.05, 3.63) is 35.4 Å². The molecule has 1 aliphatic heterocycles. The molecule has 30 heavy (non-hydrogen) atoms. The second-order valence-electron chi connectivity index (χ2n) is 7.98. The van der Waals surface area contributed by atoms with Crippen LogP contribution in [0.3, 0.4) is 0 Å². The van der Waals surface area contributed by atoms with E-state index in [2.05, 4.69) is 10.6 Å². The van der Waals surface area contributed by atoms with Gasteiger partial charge in [0.15, 0.2) is 0 Å². The molecule has 2 N–H and O–H groups in total. The van der Waals surface area contributed by atoms with Gasteiger partial charge in [0, 0.05) is 13.0 Å². The number of hydrogen-bond donors (Lipinski definition) is 2. The van der Waals surface area contributed by atoms with E-state index in [1.165, 1.54) is 5.56 Å². The lowest BCUT2D eigenvalue weighted by Crippen LogP contribution is -2.44. The van der Waals surface area contributed by atoms with Crippen LogP contribution in [-0.4, -0.2) is 54.0 Å². The maximum atomic E-state index is 12.5. The number of benzene rings is 1. The lowest BCUT2D eigenvalue weighted by Gasteiger charge is -2.19. The zero-order chi connectivity index (χ0) is 21.6. The summed E-state index contributed by atoms with van der Waals surface area (Å²) in [7, 11) is 0. The Labute approximate surface area is 176 Å². The van der Waals surface area contributed by atoms with E-state index < -0.39 is 17.5 Å². The van der Waals surface area contributed by atoms with Crippen LogP contribution in [0.25, 0.3) is 0 Å². The summed E-state index contributed by atoms with van der Waals surface area (Å²) in [4.78, 5) is 49.5. The molecule has 0 bridgehead atoms. The highest BCUT2D eigenvalue weighted by Crippen LogP contribution is 2.35. The van der Waals surface area contributed by atoms with Gasteiger partial charge in [-0.25, -0.2) is 4.79 Å². The SMILES string of the molecule is Cc1ccc(CCC(=O)NCCOC(=O)CCN2C(=O)NC3(CCCC3)C2=O)cc1. The number of hydrogen-bond acceptors (Lipinski definition) is 5. The summed E-state index contributed by atoms with van der Waals surface area (Å²) in [6.45, 7) is 2.31. The van der Waals surface area contributed by atoms with Gasteiger partial charge in [-0.05, 0) is 31.7 Å². The fourth-order valence-corrected chi connectivity index (χ4v) is 3.93. The predicted octanol–water partition coefficient (Wildman–Crippen LogP) is 1.84. The molecule has 0 atom stereocenters. The quantitative estimate of drug-likeness (QED) is 0.364. The Morgan fingerprint density at radius 3 is 2.53 bits per heavy atom. The van der Waals surface area contributed by atoms with Gasteiger partial charge < -0.3 is 15.4 Å². The summed E-state index contributed by atoms with van der Waals surface area (Å²) >= 11 is 0. The molecule has 1 saturated heterocycles. The first-order valence-corrected chi connectivity index (χ1v) is 10.5. The number of amides is 4. The fraction of sp³-hybridized carbons (Fsp3) is 0.545. The van der Waals surface area contributed by atoms with Gasteiger partial charge in [-0.3, -0.25) is 19.3 Å². The number of imide groups is 1. The predicted molar refractivity (Wildman–Crippen MR) is 110 cm³/mol. The van der Waals surface area contributed by atoms with Crippen LogP contribution in [0.4, 0.5) is 4.79 Å². The lowest BCUT2D eigenvalue weighted by molar-refractivity contribution is -0.144. The molecule has 1 aromatic rings. The average Bonchev–Trinajstić information content (AvgIpc) is 3.28. The van der Waals surface area contributed by atoms with Crippen LogP contribution in [0.15, 0.2) is 24.3 Å². The summed E-state index contributed by atoms with van der Waals surface area (Å²) in [5.74, 6) is -0.844. The lowest BCUT2D eigenvalue weighted by atomic mass is 9.98. The number of carbonyl (C=O) groups is 4. The Kier molecular flexibility index (Phi) is 7.07. The molecule has 2 fully saturated rings. The van der Waals surface area contributed by atoms with Crippen LogP contribution >= 0.6 is 0 Å². The minimum atomic E-state index is -0.760. The number of urea groups is 1. The van der Waals surface area contributed by atoms with Crippen LogP contribution in [-0.2, 0) is 25.5 Å². The van der Waals surface area contributed by atoms with Crippen molar-refractivity contribution in [3.63, 3.8) is 0 Å². The number of nitrogens with zero attached hydrogens (tertiary/aromatic N) is 1. The molecule has 1 heterocycles. The summed E-state index contributed by atoms with van der Waals surface area (Å²) in [5.41, 5.74) is 1.52. The van der Waals surface area contributed by atoms with Gasteiger partial charge >= 0.3 is 12.0 Å². The minimum absolute atomic E-state index is 0.00809. The molecule has 162 valence electrons. The van der Waals surface area contributed by atoms with E-state index in [1.54, 1.807) is 0 Å². The van der Waals surface area contributed by atoms with Gasteiger partial charge in [-0.2, -0.15) is 0 Å². The maximum Gasteiger partial charge on any atom is 0.325 e. The zero-order valence-corrected chi connectivity index (χ0v) is 17.4. The first-order chi connectivity index (χ1) is 14.4. The molecule has 3 rings (SSSR count). The molecule has 0 aromatic heterocycles. The number of aryl methyl sites for hydroxylation is 2. The third-order valence-electron chi connectivity index (χ3n) is 5.69. The Hall–Kier alpha value is -2.90. The van der Waals surface area contributed by atoms with E-state index in [0.717, 1.165) is 23.3 Å². The van der Waals surface area contributed by atoms with E-state index in [4.69, 9.17) is 4.74 Å². The first kappa shape index (κ1) is 21.8. The summed E-state index contributed by atoms with van der Waals surface area (Å²) in [6, 6.07) is 7.60. The molecule has 1 saturated carbocycles. The van der Waals surface area contributed by atoms with Crippen molar-refractivity contribution in [1.82, 2.24) is 15.5 Å². The van der Waals surface area contributed by atoms with Crippen LogP contribution in [0.1, 0.15) is 49.7 Å². The van der Waals surface area contributed by atoms with Crippen molar-refractivity contribution in [2.45, 2.75) is 57.4 Å². The first-order valence-electron chi connectivity index (χ1n) is 10.5. The Balaban J connectivity index is 1.29. The van der Waals surface area contributed by atoms with Gasteiger partial charge in [-0.15, -0.1) is 0 Å². The highest BCUT2D eigenvalue weighted by atomic mass is 16.5. The van der Waals surface area contributed by atoms with E-state index in [-0.39, 0.29) is 37.9 Å². The molecule has 1 aliphatic carbocycles. The molecule has 8 heteroatoms. The largest absolute Gasteiger partial charge is 0.464 e. The molecular weight excluding hydrogens is 386 g/mol. The fourth-order valence-electron chi connectivity index (χ4n) is 3.93. The van der Waals surface area contributed by atoms with Crippen molar-refractivity contribution in [2.75, 3.05) is 19.7 Å². The van der Waals surface area contributed by atoms with Crippen molar-refractivity contribution in [2.24, 2.45) is 0 Å². The molecule has 8 nitrogen and oxygen atoms in total. The summed E-state index contributed by atoms with van der Waals surface area (Å²) < 4.78 is 5.09. The zero-order valence-electron chi connectivity index (χ0n) is 17.4. The number of rotatable bonds is 9. The van der Waals surface area contributed by atoms with Crippen LogP contribution in [0, 0.1) is 6.92 Å². The second-order valence-corrected chi connectivity index (χ2v) is 7.98. The van der Waals surface area contributed by atoms with Crippen LogP contribution in [0.2, 0.25) is 0 Å². The number of carbonyl (C=O) groups excluding carboxylic acids is 4. The van der Waals surface area contributed by atoms with Crippen LogP contribution in [0.5, 0.6) is 0 Å². The monoisotopic (exact) mass is 415 g/mol. The van der Waals surface area contributed by atoms with Crippen molar-refractivity contribution in [3.8, 4) is 0 Å². The molecule has 0 radical (unpaired) electrons. The molecule has 1 aromatic carbocycles. The third kappa shape index (κ3) is 5.37. The van der Waals surface area contributed by atoms with Crippen molar-refractivity contribution < 1.29 is 23.9 Å². The van der Waals surface area contributed by atoms with Gasteiger partial charge in [-0.1, -0.05) is 42.7 Å². The molecule has 1 spiro atoms. The van der Waals surface area contributed by atoms with Gasteiger partial charge in [0.1, 0.15) is 12.1 Å². The maximum absolute atomic E-state index is 12.5. The summed E-state index contributed by atoms with van der Waals surface area (Å²) in [6.07, 6.45) is 4.10. The number of nitrogens with one attached hydrogen (secondary N) is 2. The van der Waals surface area contributed by atoms with E-state index in [0.29, 0.717) is 25.7 Å². The normalized spacial score (nSPS) is 17.3. The smallest absolute Gasteiger partial charge is 0.325 e. The molecule has 4 amide bonds. The summed E-state index contributed by atoms with van der Waals surface area (Å²) in [5, 5.41) is 5.50. The highest BCUT2D eigenvalue weighted by Gasteiger charge is 2.52. The second kappa shape index (κ2) is 9.73. The third-order valence-corrected chi connectivity index (χ3v) is 5.69. The van der Waals surface area contributed by atoms with E-state index in [9.17, 15) is 19.2 Å². The Morgan fingerprint density at radius 1 is 1.13 bits per heavy atom. The topological polar surface area (TPSA) is 105 Å². The van der Waals surface area contributed by atoms with E-state index in [1.807, 2.05) is 31.2 Å². The molecule has 2 aliphatic rings. The van der Waals surface area contributed by atoms with Gasteiger partial charge in [0.05, 0.1) is 13.0 Å². The van der Waals surface area contributed by atoms with Crippen LogP contribution < -0.4 is 10.6 Å². The number of ether oxygens (including phenoxy) is 1. The van der Waals surface area contributed by atoms with E-state index >= 15 is 0 Å². The standard InChI is InChI=1S/C22H29N3O5/c1-16-4-6-17(7-5-16)8-9-18(26)23-13-15-30-19(27)10-14-25-20(28)22(24-21(25)29)11-2-3-12-22/h4-7H,2-3,8-15H2,1H3,(H,23,26)(H,24,29). The van der Waals surface area contributed by atoms with Crippen molar-refractivity contribution in [1.29, 1.82) is 0 Å². The van der Waals surface area contributed by atoms with Gasteiger partial charge in [0.2, 0.25) is 5.91 Å². The highest BCUT2D eigenvalue weighted by molar-refractivity contribution is 6.07.